The van der Waals surface area contributed by atoms with E-state index in [-0.39, 0.29) is 22.0 Å². The Hall–Kier alpha value is -2.55. The molecule has 1 amide bonds. The van der Waals surface area contributed by atoms with E-state index in [9.17, 15) is 31.5 Å². The van der Waals surface area contributed by atoms with Crippen molar-refractivity contribution in [3.05, 3.63) is 54.1 Å². The Morgan fingerprint density at radius 3 is 2.27 bits per heavy atom. The van der Waals surface area contributed by atoms with Gasteiger partial charge in [-0.2, -0.15) is 13.2 Å². The second kappa shape index (κ2) is 7.36. The van der Waals surface area contributed by atoms with Gasteiger partial charge < -0.3 is 10.4 Å². The van der Waals surface area contributed by atoms with Crippen molar-refractivity contribution >= 4 is 15.7 Å². The van der Waals surface area contributed by atoms with Gasteiger partial charge >= 0.3 is 12.1 Å². The van der Waals surface area contributed by atoms with Gasteiger partial charge in [0, 0.05) is 6.04 Å². The van der Waals surface area contributed by atoms with E-state index in [2.05, 4.69) is 0 Å². The van der Waals surface area contributed by atoms with Crippen LogP contribution in [0.1, 0.15) is 12.5 Å². The first-order chi connectivity index (χ1) is 12.0. The minimum atomic E-state index is -4.95. The maximum Gasteiger partial charge on any atom is 0.471 e. The molecule has 2 rings (SSSR count). The van der Waals surface area contributed by atoms with Crippen LogP contribution in [0.15, 0.2) is 58.3 Å². The fourth-order valence-corrected chi connectivity index (χ4v) is 3.60. The molecular weight excluding hydrogens is 371 g/mol. The van der Waals surface area contributed by atoms with Gasteiger partial charge in [0.15, 0.2) is 0 Å². The normalized spacial score (nSPS) is 13.2. The SMILES string of the molecule is CC(Cc1ccc(S(=O)(=O)c2cccc(O)c2)cc1)NC(=O)C(F)(F)F. The summed E-state index contributed by atoms with van der Waals surface area (Å²) in [6, 6.07) is 10.0. The van der Waals surface area contributed by atoms with Crippen molar-refractivity contribution in [2.75, 3.05) is 0 Å². The molecule has 1 unspecified atom stereocenters. The van der Waals surface area contributed by atoms with Crippen molar-refractivity contribution in [3.8, 4) is 5.75 Å². The molecule has 26 heavy (non-hydrogen) atoms. The summed E-state index contributed by atoms with van der Waals surface area (Å²) < 4.78 is 61.6. The first-order valence-corrected chi connectivity index (χ1v) is 8.99. The maximum absolute atomic E-state index is 12.5. The Bertz CT molecular complexity index is 893. The van der Waals surface area contributed by atoms with Gasteiger partial charge in [0.2, 0.25) is 9.84 Å². The first kappa shape index (κ1) is 19.8. The van der Waals surface area contributed by atoms with Crippen LogP contribution in [0, 0.1) is 0 Å². The average Bonchev–Trinajstić information content (AvgIpc) is 2.54. The fraction of sp³-hybridized carbons (Fsp3) is 0.235. The molecule has 0 saturated heterocycles. The number of aromatic hydroxyl groups is 1. The summed E-state index contributed by atoms with van der Waals surface area (Å²) in [5.41, 5.74) is 0.565. The van der Waals surface area contributed by atoms with Crippen molar-refractivity contribution in [1.29, 1.82) is 0 Å². The van der Waals surface area contributed by atoms with Crippen LogP contribution in [-0.2, 0) is 21.1 Å². The third-order valence-electron chi connectivity index (χ3n) is 3.54. The number of phenolic OH excluding ortho intramolecular Hbond substituents is 1. The Balaban J connectivity index is 2.12. The highest BCUT2D eigenvalue weighted by molar-refractivity contribution is 7.91. The molecule has 0 aliphatic heterocycles. The number of halogens is 3. The van der Waals surface area contributed by atoms with E-state index in [1.807, 2.05) is 5.32 Å². The predicted molar refractivity (Wildman–Crippen MR) is 87.4 cm³/mol. The third-order valence-corrected chi connectivity index (χ3v) is 5.31. The zero-order valence-electron chi connectivity index (χ0n) is 13.6. The zero-order valence-corrected chi connectivity index (χ0v) is 14.4. The Labute approximate surface area is 148 Å². The molecule has 140 valence electrons. The van der Waals surface area contributed by atoms with Crippen LogP contribution in [0.5, 0.6) is 5.75 Å². The number of phenols is 1. The van der Waals surface area contributed by atoms with Crippen LogP contribution in [0.2, 0.25) is 0 Å². The summed E-state index contributed by atoms with van der Waals surface area (Å²) in [6.45, 7) is 1.42. The van der Waals surface area contributed by atoms with E-state index in [0.717, 1.165) is 6.07 Å². The Kier molecular flexibility index (Phi) is 5.60. The summed E-state index contributed by atoms with van der Waals surface area (Å²) in [6.07, 6.45) is -4.85. The second-order valence-corrected chi connectivity index (χ2v) is 7.67. The van der Waals surface area contributed by atoms with Crippen LogP contribution in [0.25, 0.3) is 0 Å². The lowest BCUT2D eigenvalue weighted by Gasteiger charge is -2.15. The number of rotatable bonds is 5. The van der Waals surface area contributed by atoms with Crippen LogP contribution in [-0.4, -0.2) is 31.6 Å². The maximum atomic E-state index is 12.5. The van der Waals surface area contributed by atoms with E-state index in [1.54, 1.807) is 0 Å². The molecule has 9 heteroatoms. The third kappa shape index (κ3) is 4.75. The summed E-state index contributed by atoms with van der Waals surface area (Å²) >= 11 is 0. The number of amides is 1. The smallest absolute Gasteiger partial charge is 0.471 e. The highest BCUT2D eigenvalue weighted by atomic mass is 32.2. The molecule has 0 saturated carbocycles. The minimum Gasteiger partial charge on any atom is -0.508 e. The van der Waals surface area contributed by atoms with Crippen molar-refractivity contribution in [2.24, 2.45) is 0 Å². The Morgan fingerprint density at radius 2 is 1.73 bits per heavy atom. The molecule has 0 bridgehead atoms. The highest BCUT2D eigenvalue weighted by Crippen LogP contribution is 2.24. The van der Waals surface area contributed by atoms with E-state index >= 15 is 0 Å². The molecule has 2 aromatic carbocycles. The lowest BCUT2D eigenvalue weighted by molar-refractivity contribution is -0.174. The van der Waals surface area contributed by atoms with Crippen molar-refractivity contribution in [1.82, 2.24) is 5.32 Å². The lowest BCUT2D eigenvalue weighted by Crippen LogP contribution is -2.42. The molecule has 2 aromatic rings. The zero-order chi connectivity index (χ0) is 19.5. The first-order valence-electron chi connectivity index (χ1n) is 7.51. The molecule has 0 heterocycles. The van der Waals surface area contributed by atoms with Crippen LogP contribution < -0.4 is 5.32 Å². The van der Waals surface area contributed by atoms with Gasteiger partial charge in [-0.25, -0.2) is 8.42 Å². The molecule has 5 nitrogen and oxygen atoms in total. The fourth-order valence-electron chi connectivity index (χ4n) is 2.30. The lowest BCUT2D eigenvalue weighted by atomic mass is 10.1. The molecule has 0 spiro atoms. The largest absolute Gasteiger partial charge is 0.508 e. The van der Waals surface area contributed by atoms with E-state index in [0.29, 0.717) is 5.56 Å². The number of benzene rings is 2. The van der Waals surface area contributed by atoms with Gasteiger partial charge in [-0.05, 0) is 49.2 Å². The molecule has 2 N–H and O–H groups in total. The topological polar surface area (TPSA) is 83.5 Å². The van der Waals surface area contributed by atoms with Crippen LogP contribution in [0.4, 0.5) is 13.2 Å². The van der Waals surface area contributed by atoms with Crippen molar-refractivity contribution in [3.63, 3.8) is 0 Å². The molecule has 0 radical (unpaired) electrons. The van der Waals surface area contributed by atoms with Gasteiger partial charge in [0.25, 0.3) is 0 Å². The minimum absolute atomic E-state index is 0.0150. The molecule has 0 aromatic heterocycles. The van der Waals surface area contributed by atoms with Crippen molar-refractivity contribution in [2.45, 2.75) is 35.4 Å². The molecule has 0 aliphatic carbocycles. The van der Waals surface area contributed by atoms with Gasteiger partial charge in [-0.3, -0.25) is 4.79 Å². The van der Waals surface area contributed by atoms with Gasteiger partial charge in [-0.1, -0.05) is 18.2 Å². The van der Waals surface area contributed by atoms with Crippen LogP contribution in [0.3, 0.4) is 0 Å². The molecule has 0 aliphatic rings. The van der Waals surface area contributed by atoms with Gasteiger partial charge in [0.1, 0.15) is 5.75 Å². The van der Waals surface area contributed by atoms with Gasteiger partial charge in [-0.15, -0.1) is 0 Å². The number of hydrogen-bond acceptors (Lipinski definition) is 4. The monoisotopic (exact) mass is 387 g/mol. The average molecular weight is 387 g/mol. The van der Waals surface area contributed by atoms with E-state index < -0.39 is 28.0 Å². The van der Waals surface area contributed by atoms with E-state index in [1.165, 1.54) is 49.4 Å². The summed E-state index contributed by atoms with van der Waals surface area (Å²) in [7, 11) is -3.82. The van der Waals surface area contributed by atoms with E-state index in [4.69, 9.17) is 0 Å². The predicted octanol–water partition coefficient (Wildman–Crippen LogP) is 2.83. The number of carbonyl (C=O) groups is 1. The molecular formula is C17H16F3NO4S. The molecule has 0 fully saturated rings. The van der Waals surface area contributed by atoms with Gasteiger partial charge in [0.05, 0.1) is 9.79 Å². The quantitative estimate of drug-likeness (QED) is 0.827. The molecule has 1 atom stereocenters. The number of carbonyl (C=O) groups excluding carboxylic acids is 1. The number of sulfone groups is 1. The van der Waals surface area contributed by atoms with Crippen molar-refractivity contribution < 1.29 is 31.5 Å². The standard InChI is InChI=1S/C17H16F3NO4S/c1-11(21-16(23)17(18,19)20)9-12-5-7-14(8-6-12)26(24,25)15-4-2-3-13(22)10-15/h2-8,10-11,22H,9H2,1H3,(H,21,23). The number of hydrogen-bond donors (Lipinski definition) is 2. The summed E-state index contributed by atoms with van der Waals surface area (Å²) in [4.78, 5) is 10.8. The summed E-state index contributed by atoms with van der Waals surface area (Å²) in [5.74, 6) is -2.20. The Morgan fingerprint density at radius 1 is 1.12 bits per heavy atom. The summed E-state index contributed by atoms with van der Waals surface area (Å²) in [5, 5.41) is 11.3. The second-order valence-electron chi connectivity index (χ2n) is 5.72. The number of alkyl halides is 3. The van der Waals surface area contributed by atoms with Crippen LogP contribution >= 0.6 is 0 Å². The highest BCUT2D eigenvalue weighted by Gasteiger charge is 2.39. The number of nitrogens with one attached hydrogen (secondary N) is 1.